The Morgan fingerprint density at radius 3 is 3.00 bits per heavy atom. The maximum atomic E-state index is 11.3. The Bertz CT molecular complexity index is 358. The third kappa shape index (κ3) is 4.51. The molecule has 16 heavy (non-hydrogen) atoms. The van der Waals surface area contributed by atoms with E-state index < -0.39 is 0 Å². The zero-order valence-corrected chi connectivity index (χ0v) is 9.83. The van der Waals surface area contributed by atoms with Crippen molar-refractivity contribution in [3.8, 4) is 5.75 Å². The van der Waals surface area contributed by atoms with Gasteiger partial charge in [0.05, 0.1) is 0 Å². The van der Waals surface area contributed by atoms with Crippen molar-refractivity contribution in [2.75, 3.05) is 13.2 Å². The molecule has 1 unspecified atom stereocenters. The van der Waals surface area contributed by atoms with Crippen LogP contribution in [-0.4, -0.2) is 25.1 Å². The third-order valence-electron chi connectivity index (χ3n) is 1.93. The Morgan fingerprint density at radius 1 is 1.62 bits per heavy atom. The van der Waals surface area contributed by atoms with Crippen LogP contribution in [0.4, 0.5) is 0 Å². The summed E-state index contributed by atoms with van der Waals surface area (Å²) >= 11 is 5.77. The molecule has 1 aromatic rings. The lowest BCUT2D eigenvalue weighted by molar-refractivity contribution is -0.123. The minimum absolute atomic E-state index is 0.0370. The summed E-state index contributed by atoms with van der Waals surface area (Å²) in [6, 6.07) is 6.85. The first-order valence-electron chi connectivity index (χ1n) is 4.99. The fraction of sp³-hybridized carbons (Fsp3) is 0.364. The largest absolute Gasteiger partial charge is 0.484 e. The average Bonchev–Trinajstić information content (AvgIpc) is 2.26. The van der Waals surface area contributed by atoms with Gasteiger partial charge in [-0.3, -0.25) is 4.79 Å². The molecule has 3 N–H and O–H groups in total. The highest BCUT2D eigenvalue weighted by Gasteiger charge is 2.06. The summed E-state index contributed by atoms with van der Waals surface area (Å²) in [5.41, 5.74) is 5.37. The summed E-state index contributed by atoms with van der Waals surface area (Å²) in [5, 5.41) is 3.27. The van der Waals surface area contributed by atoms with E-state index in [4.69, 9.17) is 22.1 Å². The number of carbonyl (C=O) groups is 1. The van der Waals surface area contributed by atoms with E-state index in [1.54, 1.807) is 24.3 Å². The molecule has 1 atom stereocenters. The Hall–Kier alpha value is -1.26. The number of carbonyl (C=O) groups excluding carboxylic acids is 1. The lowest BCUT2D eigenvalue weighted by Crippen LogP contribution is -2.40. The Labute approximate surface area is 99.7 Å². The topological polar surface area (TPSA) is 64.3 Å². The zero-order chi connectivity index (χ0) is 12.0. The summed E-state index contributed by atoms with van der Waals surface area (Å²) in [4.78, 5) is 11.3. The first-order valence-corrected chi connectivity index (χ1v) is 5.37. The van der Waals surface area contributed by atoms with Crippen LogP contribution in [0.25, 0.3) is 0 Å². The van der Waals surface area contributed by atoms with Gasteiger partial charge in [0, 0.05) is 17.6 Å². The van der Waals surface area contributed by atoms with E-state index in [1.807, 2.05) is 6.92 Å². The highest BCUT2D eigenvalue weighted by Crippen LogP contribution is 2.16. The summed E-state index contributed by atoms with van der Waals surface area (Å²) in [7, 11) is 0. The van der Waals surface area contributed by atoms with Gasteiger partial charge in [-0.05, 0) is 25.1 Å². The molecule has 4 nitrogen and oxygen atoms in total. The fourth-order valence-corrected chi connectivity index (χ4v) is 1.26. The molecule has 1 rings (SSSR count). The molecule has 88 valence electrons. The summed E-state index contributed by atoms with van der Waals surface area (Å²) in [5.74, 6) is 0.376. The highest BCUT2D eigenvalue weighted by molar-refractivity contribution is 6.30. The number of amides is 1. The zero-order valence-electron chi connectivity index (χ0n) is 9.07. The molecule has 0 bridgehead atoms. The van der Waals surface area contributed by atoms with Gasteiger partial charge >= 0.3 is 0 Å². The second-order valence-corrected chi connectivity index (χ2v) is 3.89. The Balaban J connectivity index is 2.37. The molecule has 0 fully saturated rings. The van der Waals surface area contributed by atoms with Crippen molar-refractivity contribution in [2.24, 2.45) is 5.73 Å². The number of halogens is 1. The van der Waals surface area contributed by atoms with Gasteiger partial charge in [0.25, 0.3) is 5.91 Å². The van der Waals surface area contributed by atoms with Gasteiger partial charge in [0.15, 0.2) is 6.61 Å². The number of nitrogens with one attached hydrogen (secondary N) is 1. The smallest absolute Gasteiger partial charge is 0.258 e. The maximum absolute atomic E-state index is 11.3. The van der Waals surface area contributed by atoms with E-state index in [-0.39, 0.29) is 18.6 Å². The second kappa shape index (κ2) is 6.35. The normalized spacial score (nSPS) is 11.9. The van der Waals surface area contributed by atoms with Gasteiger partial charge in [0.2, 0.25) is 0 Å². The van der Waals surface area contributed by atoms with E-state index in [0.717, 1.165) is 0 Å². The molecular formula is C11H15ClN2O2. The molecule has 1 amide bonds. The van der Waals surface area contributed by atoms with E-state index in [9.17, 15) is 4.79 Å². The minimum Gasteiger partial charge on any atom is -0.484 e. The molecular weight excluding hydrogens is 228 g/mol. The standard InChI is InChI=1S/C11H15ClN2O2/c1-8(6-13)14-11(15)7-16-10-4-2-3-9(12)5-10/h2-5,8H,6-7,13H2,1H3,(H,14,15). The molecule has 1 aromatic carbocycles. The molecule has 0 aliphatic heterocycles. The van der Waals surface area contributed by atoms with Gasteiger partial charge < -0.3 is 15.8 Å². The van der Waals surface area contributed by atoms with Gasteiger partial charge in [-0.1, -0.05) is 17.7 Å². The molecule has 5 heteroatoms. The lowest BCUT2D eigenvalue weighted by Gasteiger charge is -2.11. The number of ether oxygens (including phenoxy) is 1. The Kier molecular flexibility index (Phi) is 5.08. The number of hydrogen-bond acceptors (Lipinski definition) is 3. The molecule has 0 radical (unpaired) electrons. The van der Waals surface area contributed by atoms with Gasteiger partial charge in [0.1, 0.15) is 5.75 Å². The molecule has 0 aliphatic carbocycles. The number of nitrogens with two attached hydrogens (primary N) is 1. The van der Waals surface area contributed by atoms with Crippen molar-refractivity contribution in [2.45, 2.75) is 13.0 Å². The lowest BCUT2D eigenvalue weighted by atomic mass is 10.3. The number of hydrogen-bond donors (Lipinski definition) is 2. The summed E-state index contributed by atoms with van der Waals surface area (Å²) < 4.78 is 5.26. The SMILES string of the molecule is CC(CN)NC(=O)COc1cccc(Cl)c1. The van der Waals surface area contributed by atoms with E-state index >= 15 is 0 Å². The van der Waals surface area contributed by atoms with Crippen molar-refractivity contribution < 1.29 is 9.53 Å². The van der Waals surface area contributed by atoms with E-state index in [0.29, 0.717) is 17.3 Å². The fourth-order valence-electron chi connectivity index (χ4n) is 1.08. The first kappa shape index (κ1) is 12.8. The third-order valence-corrected chi connectivity index (χ3v) is 2.16. The molecule has 0 saturated carbocycles. The monoisotopic (exact) mass is 242 g/mol. The van der Waals surface area contributed by atoms with Crippen molar-refractivity contribution in [1.82, 2.24) is 5.32 Å². The van der Waals surface area contributed by atoms with Crippen LogP contribution in [0.15, 0.2) is 24.3 Å². The predicted molar refractivity (Wildman–Crippen MR) is 63.6 cm³/mol. The predicted octanol–water partition coefficient (Wildman–Crippen LogP) is 1.18. The molecule has 0 saturated heterocycles. The van der Waals surface area contributed by atoms with Gasteiger partial charge in [-0.2, -0.15) is 0 Å². The van der Waals surface area contributed by atoms with Crippen LogP contribution in [0.1, 0.15) is 6.92 Å². The summed E-state index contributed by atoms with van der Waals surface area (Å²) in [6.07, 6.45) is 0. The van der Waals surface area contributed by atoms with E-state index in [1.165, 1.54) is 0 Å². The van der Waals surface area contributed by atoms with Crippen LogP contribution in [0.2, 0.25) is 5.02 Å². The van der Waals surface area contributed by atoms with Crippen LogP contribution >= 0.6 is 11.6 Å². The molecule has 0 spiro atoms. The van der Waals surface area contributed by atoms with Crippen molar-refractivity contribution in [3.63, 3.8) is 0 Å². The van der Waals surface area contributed by atoms with Gasteiger partial charge in [-0.25, -0.2) is 0 Å². The van der Waals surface area contributed by atoms with Crippen LogP contribution in [-0.2, 0) is 4.79 Å². The van der Waals surface area contributed by atoms with Gasteiger partial charge in [-0.15, -0.1) is 0 Å². The molecule has 0 heterocycles. The maximum Gasteiger partial charge on any atom is 0.258 e. The minimum atomic E-state index is -0.196. The molecule has 0 aromatic heterocycles. The number of rotatable bonds is 5. The van der Waals surface area contributed by atoms with Crippen molar-refractivity contribution in [1.29, 1.82) is 0 Å². The van der Waals surface area contributed by atoms with Crippen molar-refractivity contribution >= 4 is 17.5 Å². The second-order valence-electron chi connectivity index (χ2n) is 3.45. The first-order chi connectivity index (χ1) is 7.61. The number of benzene rings is 1. The van der Waals surface area contributed by atoms with Crippen LogP contribution < -0.4 is 15.8 Å². The Morgan fingerprint density at radius 2 is 2.38 bits per heavy atom. The highest BCUT2D eigenvalue weighted by atomic mass is 35.5. The quantitative estimate of drug-likeness (QED) is 0.815. The van der Waals surface area contributed by atoms with E-state index in [2.05, 4.69) is 5.32 Å². The average molecular weight is 243 g/mol. The van der Waals surface area contributed by atoms with Crippen LogP contribution in [0.5, 0.6) is 5.75 Å². The van der Waals surface area contributed by atoms with Crippen LogP contribution in [0, 0.1) is 0 Å². The molecule has 0 aliphatic rings. The van der Waals surface area contributed by atoms with Crippen molar-refractivity contribution in [3.05, 3.63) is 29.3 Å². The summed E-state index contributed by atoms with van der Waals surface area (Å²) in [6.45, 7) is 2.20. The van der Waals surface area contributed by atoms with Crippen LogP contribution in [0.3, 0.4) is 0 Å².